The fourth-order valence-electron chi connectivity index (χ4n) is 2.99. The topological polar surface area (TPSA) is 96.6 Å². The molecule has 0 aliphatic carbocycles. The second-order valence-electron chi connectivity index (χ2n) is 6.71. The highest BCUT2D eigenvalue weighted by Crippen LogP contribution is 2.56. The molecule has 0 fully saturated rings. The maximum absolute atomic E-state index is 13.2. The van der Waals surface area contributed by atoms with Gasteiger partial charge >= 0.3 is 6.18 Å². The number of carbonyl (C=O) groups excluding carboxylic acids is 1. The quantitative estimate of drug-likeness (QED) is 0.433. The summed E-state index contributed by atoms with van der Waals surface area (Å²) >= 11 is 6.07. The predicted molar refractivity (Wildman–Crippen MR) is 114 cm³/mol. The average molecular weight is 486 g/mol. The van der Waals surface area contributed by atoms with E-state index in [-0.39, 0.29) is 27.2 Å². The molecule has 1 aromatic heterocycles. The summed E-state index contributed by atoms with van der Waals surface area (Å²) in [5, 5.41) is 7.45. The second-order valence-corrected chi connectivity index (χ2v) is 9.02. The number of amides is 1. The van der Waals surface area contributed by atoms with Crippen molar-refractivity contribution in [1.82, 2.24) is 9.78 Å². The van der Waals surface area contributed by atoms with E-state index >= 15 is 0 Å². The van der Waals surface area contributed by atoms with Crippen LogP contribution in [0.2, 0.25) is 5.02 Å². The third-order valence-corrected chi connectivity index (χ3v) is 6.29. The lowest BCUT2D eigenvalue weighted by Gasteiger charge is -2.25. The van der Waals surface area contributed by atoms with Crippen LogP contribution in [-0.2, 0) is 11.0 Å². The highest BCUT2D eigenvalue weighted by molar-refractivity contribution is 8.27. The molecule has 0 saturated carbocycles. The summed E-state index contributed by atoms with van der Waals surface area (Å²) in [6.45, 7) is -0.626. The minimum absolute atomic E-state index is 0.143. The van der Waals surface area contributed by atoms with Crippen LogP contribution in [0, 0.1) is 0 Å². The van der Waals surface area contributed by atoms with E-state index in [1.165, 1.54) is 23.6 Å². The third kappa shape index (κ3) is 4.46. The van der Waals surface area contributed by atoms with Crippen LogP contribution in [0.4, 0.5) is 18.9 Å². The first kappa shape index (κ1) is 22.2. The van der Waals surface area contributed by atoms with E-state index in [1.54, 1.807) is 30.3 Å². The van der Waals surface area contributed by atoms with E-state index in [2.05, 4.69) is 10.4 Å². The first-order valence-corrected chi connectivity index (χ1v) is 11.0. The van der Waals surface area contributed by atoms with Crippen LogP contribution in [0.15, 0.2) is 58.8 Å². The first-order valence-electron chi connectivity index (χ1n) is 9.00. The van der Waals surface area contributed by atoms with Gasteiger partial charge < -0.3 is 10.1 Å². The number of aromatic nitrogens is 2. The minimum Gasteiger partial charge on any atom is -0.467 e. The molecule has 2 aromatic carbocycles. The summed E-state index contributed by atoms with van der Waals surface area (Å²) < 4.78 is 65.7. The lowest BCUT2D eigenvalue weighted by molar-refractivity contribution is -0.141. The largest absolute Gasteiger partial charge is 0.467 e. The molecule has 4 rings (SSSR count). The van der Waals surface area contributed by atoms with Crippen LogP contribution in [0.1, 0.15) is 11.3 Å². The Kier molecular flexibility index (Phi) is 5.67. The van der Waals surface area contributed by atoms with Gasteiger partial charge in [-0.15, -0.1) is 10.6 Å². The normalized spacial score (nSPS) is 15.3. The number of alkyl halides is 3. The molecule has 0 saturated heterocycles. The third-order valence-electron chi connectivity index (χ3n) is 4.46. The van der Waals surface area contributed by atoms with Crippen molar-refractivity contribution in [3.63, 3.8) is 0 Å². The van der Waals surface area contributed by atoms with Gasteiger partial charge in [0.1, 0.15) is 0 Å². The molecule has 0 radical (unpaired) electrons. The minimum atomic E-state index is -4.73. The molecule has 7 nitrogen and oxygen atoms in total. The molecule has 32 heavy (non-hydrogen) atoms. The van der Waals surface area contributed by atoms with Gasteiger partial charge in [-0.2, -0.15) is 23.0 Å². The van der Waals surface area contributed by atoms with Crippen molar-refractivity contribution in [2.45, 2.75) is 11.1 Å². The Morgan fingerprint density at radius 3 is 2.66 bits per heavy atom. The second kappa shape index (κ2) is 8.17. The number of hydrogen-bond donors (Lipinski definition) is 3. The zero-order valence-corrected chi connectivity index (χ0v) is 17.6. The number of fused-ring (bicyclic) bond motifs is 1. The fourth-order valence-corrected chi connectivity index (χ4v) is 4.47. The number of nitrogens with zero attached hydrogens (tertiary/aromatic N) is 2. The van der Waals surface area contributed by atoms with Gasteiger partial charge in [0, 0.05) is 17.2 Å². The molecule has 168 valence electrons. The lowest BCUT2D eigenvalue weighted by atomic mass is 10.2. The van der Waals surface area contributed by atoms with Gasteiger partial charge in [0.15, 0.2) is 12.3 Å². The average Bonchev–Trinajstić information content (AvgIpc) is 3.28. The molecule has 0 bridgehead atoms. The maximum atomic E-state index is 13.2. The predicted octanol–water partition coefficient (Wildman–Crippen LogP) is 5.66. The van der Waals surface area contributed by atoms with Gasteiger partial charge in [-0.3, -0.25) is 13.9 Å². The number of nitrogens with one attached hydrogen (secondary N) is 1. The van der Waals surface area contributed by atoms with Crippen LogP contribution in [0.25, 0.3) is 11.8 Å². The Hall–Kier alpha value is -2.99. The number of anilines is 1. The molecule has 0 spiro atoms. The summed E-state index contributed by atoms with van der Waals surface area (Å²) in [7, 11) is -3.06. The van der Waals surface area contributed by atoms with Gasteiger partial charge in [0.25, 0.3) is 5.91 Å². The van der Waals surface area contributed by atoms with Gasteiger partial charge in [-0.05, 0) is 35.9 Å². The highest BCUT2D eigenvalue weighted by Gasteiger charge is 2.36. The lowest BCUT2D eigenvalue weighted by Crippen LogP contribution is -2.21. The van der Waals surface area contributed by atoms with Crippen molar-refractivity contribution in [2.75, 3.05) is 11.9 Å². The molecule has 0 atom stereocenters. The molecule has 2 heterocycles. The molecule has 0 unspecified atom stereocenters. The molecular weight excluding hydrogens is 471 g/mol. The zero-order valence-electron chi connectivity index (χ0n) is 16.0. The van der Waals surface area contributed by atoms with E-state index in [1.807, 2.05) is 0 Å². The van der Waals surface area contributed by atoms with E-state index < -0.39 is 35.0 Å². The number of para-hydroxylation sites is 1. The molecule has 1 amide bonds. The number of halogens is 4. The van der Waals surface area contributed by atoms with Crippen molar-refractivity contribution in [2.24, 2.45) is 0 Å². The summed E-state index contributed by atoms with van der Waals surface area (Å²) in [6.07, 6.45) is -3.16. The Balaban J connectivity index is 1.52. The monoisotopic (exact) mass is 485 g/mol. The van der Waals surface area contributed by atoms with Crippen LogP contribution < -0.4 is 10.1 Å². The van der Waals surface area contributed by atoms with Crippen molar-refractivity contribution in [3.05, 3.63) is 70.2 Å². The van der Waals surface area contributed by atoms with Crippen molar-refractivity contribution < 1.29 is 31.8 Å². The molecular formula is C20H15ClF3N3O4S. The van der Waals surface area contributed by atoms with Gasteiger partial charge in [0.2, 0.25) is 5.88 Å². The smallest absolute Gasteiger partial charge is 0.435 e. The van der Waals surface area contributed by atoms with E-state index in [0.717, 1.165) is 4.68 Å². The Morgan fingerprint density at radius 1 is 1.19 bits per heavy atom. The Bertz CT molecular complexity index is 1230. The number of benzene rings is 2. The molecule has 3 N–H and O–H groups in total. The van der Waals surface area contributed by atoms with E-state index in [4.69, 9.17) is 16.3 Å². The van der Waals surface area contributed by atoms with Gasteiger partial charge in [-0.1, -0.05) is 29.8 Å². The number of hydrogen-bond acceptors (Lipinski definition) is 5. The standard InChI is InChI=1S/C20H15ClF3N3O4S/c21-14-3-1-2-4-15(14)27-19(10-17(26-27)20(22,23)24)31-11-18(28)25-13-6-5-12-7-8-32(29,30)16(12)9-13/h1-10,29-30H,11H2,(H,25,28). The van der Waals surface area contributed by atoms with Crippen molar-refractivity contribution in [3.8, 4) is 11.6 Å². The number of rotatable bonds is 5. The summed E-state index contributed by atoms with van der Waals surface area (Å²) in [5.74, 6) is -0.999. The van der Waals surface area contributed by atoms with Crippen LogP contribution >= 0.6 is 22.2 Å². The summed E-state index contributed by atoms with van der Waals surface area (Å²) in [4.78, 5) is 12.6. The van der Waals surface area contributed by atoms with E-state index in [9.17, 15) is 27.1 Å². The number of ether oxygens (including phenoxy) is 1. The molecule has 12 heteroatoms. The SMILES string of the molecule is O=C(COc1cc(C(F)(F)F)nn1-c1ccccc1Cl)Nc1ccc2c(c1)S(O)(O)C=C2. The maximum Gasteiger partial charge on any atom is 0.435 e. The zero-order chi connectivity index (χ0) is 23.1. The van der Waals surface area contributed by atoms with Gasteiger partial charge in [0.05, 0.1) is 15.6 Å². The summed E-state index contributed by atoms with van der Waals surface area (Å²) in [5.41, 5.74) is -0.167. The molecule has 1 aliphatic rings. The Labute approximate surface area is 186 Å². The van der Waals surface area contributed by atoms with Gasteiger partial charge in [-0.25, -0.2) is 0 Å². The number of carbonyl (C=O) groups is 1. The van der Waals surface area contributed by atoms with Crippen LogP contribution in [0.5, 0.6) is 5.88 Å². The fraction of sp³-hybridized carbons (Fsp3) is 0.100. The van der Waals surface area contributed by atoms with Crippen LogP contribution in [0.3, 0.4) is 0 Å². The Morgan fingerprint density at radius 2 is 1.94 bits per heavy atom. The highest BCUT2D eigenvalue weighted by atomic mass is 35.5. The first-order chi connectivity index (χ1) is 15.0. The molecule has 3 aromatic rings. The molecule has 1 aliphatic heterocycles. The van der Waals surface area contributed by atoms with E-state index in [0.29, 0.717) is 11.6 Å². The summed E-state index contributed by atoms with van der Waals surface area (Å²) in [6, 6.07) is 11.4. The van der Waals surface area contributed by atoms with Crippen LogP contribution in [-0.4, -0.2) is 31.4 Å². The van der Waals surface area contributed by atoms with Crippen molar-refractivity contribution in [1.29, 1.82) is 0 Å². The van der Waals surface area contributed by atoms with Crippen molar-refractivity contribution >= 4 is 39.9 Å².